The number of rotatable bonds is 7. The number of aliphatic hydroxyl groups is 1. The zero-order valence-electron chi connectivity index (χ0n) is 10.2. The van der Waals surface area contributed by atoms with Crippen LogP contribution in [0.1, 0.15) is 33.1 Å². The van der Waals surface area contributed by atoms with E-state index in [-0.39, 0.29) is 12.0 Å². The molecule has 1 heterocycles. The Hall–Kier alpha value is -0.120. The van der Waals surface area contributed by atoms with E-state index in [1.165, 1.54) is 12.8 Å². The largest absolute Gasteiger partial charge is 0.396 e. The number of hydrogen-bond acceptors (Lipinski definition) is 3. The Morgan fingerprint density at radius 1 is 1.27 bits per heavy atom. The van der Waals surface area contributed by atoms with Crippen molar-refractivity contribution in [3.63, 3.8) is 0 Å². The molecular formula is C12H25NO2. The molecule has 1 aliphatic rings. The van der Waals surface area contributed by atoms with Gasteiger partial charge >= 0.3 is 0 Å². The zero-order chi connectivity index (χ0) is 11.1. The Morgan fingerprint density at radius 2 is 1.93 bits per heavy atom. The Balaban J connectivity index is 2.46. The van der Waals surface area contributed by atoms with Gasteiger partial charge in [-0.2, -0.15) is 0 Å². The molecule has 0 aromatic rings. The van der Waals surface area contributed by atoms with Gasteiger partial charge in [0, 0.05) is 18.6 Å². The molecule has 1 aliphatic heterocycles. The van der Waals surface area contributed by atoms with Crippen molar-refractivity contribution in [2.45, 2.75) is 33.1 Å². The molecule has 0 spiro atoms. The minimum Gasteiger partial charge on any atom is -0.396 e. The topological polar surface area (TPSA) is 32.7 Å². The van der Waals surface area contributed by atoms with Gasteiger partial charge in [-0.15, -0.1) is 0 Å². The molecule has 90 valence electrons. The third-order valence-electron chi connectivity index (χ3n) is 3.16. The maximum Gasteiger partial charge on any atom is 0.0557 e. The fourth-order valence-corrected chi connectivity index (χ4v) is 2.33. The van der Waals surface area contributed by atoms with Crippen LogP contribution in [0.3, 0.4) is 0 Å². The number of ether oxygens (including phenoxy) is 1. The van der Waals surface area contributed by atoms with Gasteiger partial charge in [-0.25, -0.2) is 0 Å². The van der Waals surface area contributed by atoms with E-state index < -0.39 is 0 Å². The highest BCUT2D eigenvalue weighted by Crippen LogP contribution is 2.29. The average Bonchev–Trinajstić information content (AvgIpc) is 2.68. The molecule has 3 nitrogen and oxygen atoms in total. The summed E-state index contributed by atoms with van der Waals surface area (Å²) in [6, 6.07) is 0. The smallest absolute Gasteiger partial charge is 0.0557 e. The molecule has 3 heteroatoms. The first-order valence-corrected chi connectivity index (χ1v) is 6.17. The van der Waals surface area contributed by atoms with E-state index in [9.17, 15) is 5.11 Å². The summed E-state index contributed by atoms with van der Waals surface area (Å²) >= 11 is 0. The van der Waals surface area contributed by atoms with E-state index in [2.05, 4.69) is 18.7 Å². The molecule has 1 rings (SSSR count). The van der Waals surface area contributed by atoms with Crippen molar-refractivity contribution in [2.75, 3.05) is 39.5 Å². The van der Waals surface area contributed by atoms with Gasteiger partial charge in [-0.05, 0) is 32.4 Å². The summed E-state index contributed by atoms with van der Waals surface area (Å²) in [4.78, 5) is 2.46. The third-order valence-corrected chi connectivity index (χ3v) is 3.16. The predicted octanol–water partition coefficient (Wildman–Crippen LogP) is 1.51. The maximum absolute atomic E-state index is 9.50. The van der Waals surface area contributed by atoms with E-state index in [4.69, 9.17) is 4.74 Å². The van der Waals surface area contributed by atoms with E-state index in [1.807, 2.05) is 0 Å². The molecule has 0 radical (unpaired) electrons. The molecule has 1 N–H and O–H groups in total. The van der Waals surface area contributed by atoms with Gasteiger partial charge in [-0.3, -0.25) is 0 Å². The maximum atomic E-state index is 9.50. The Bertz CT molecular complexity index is 161. The minimum atomic E-state index is 0.0182. The molecule has 15 heavy (non-hydrogen) atoms. The highest BCUT2D eigenvalue weighted by Gasteiger charge is 2.35. The number of hydrogen-bond donors (Lipinski definition) is 1. The fraction of sp³-hybridized carbons (Fsp3) is 1.00. The normalized spacial score (nSPS) is 26.4. The fourth-order valence-electron chi connectivity index (χ4n) is 2.33. The van der Waals surface area contributed by atoms with E-state index in [0.717, 1.165) is 39.3 Å². The lowest BCUT2D eigenvalue weighted by molar-refractivity contribution is 0.0566. The summed E-state index contributed by atoms with van der Waals surface area (Å²) in [5, 5.41) is 9.50. The van der Waals surface area contributed by atoms with Crippen LogP contribution >= 0.6 is 0 Å². The lowest BCUT2D eigenvalue weighted by Gasteiger charge is -2.32. The van der Waals surface area contributed by atoms with Crippen molar-refractivity contribution in [1.29, 1.82) is 0 Å². The summed E-state index contributed by atoms with van der Waals surface area (Å²) < 4.78 is 5.42. The second kappa shape index (κ2) is 6.46. The van der Waals surface area contributed by atoms with Gasteiger partial charge in [0.15, 0.2) is 0 Å². The molecule has 1 fully saturated rings. The van der Waals surface area contributed by atoms with Crippen LogP contribution in [0.4, 0.5) is 0 Å². The van der Waals surface area contributed by atoms with Gasteiger partial charge in [-0.1, -0.05) is 13.8 Å². The summed E-state index contributed by atoms with van der Waals surface area (Å²) in [7, 11) is 0. The first kappa shape index (κ1) is 12.9. The van der Waals surface area contributed by atoms with Gasteiger partial charge in [0.25, 0.3) is 0 Å². The van der Waals surface area contributed by atoms with Crippen molar-refractivity contribution in [3.05, 3.63) is 0 Å². The lowest BCUT2D eigenvalue weighted by atomic mass is 9.87. The van der Waals surface area contributed by atoms with Crippen LogP contribution in [0.2, 0.25) is 0 Å². The van der Waals surface area contributed by atoms with Gasteiger partial charge in [0.1, 0.15) is 0 Å². The van der Waals surface area contributed by atoms with E-state index in [0.29, 0.717) is 0 Å². The van der Waals surface area contributed by atoms with Crippen LogP contribution in [0.25, 0.3) is 0 Å². The minimum absolute atomic E-state index is 0.0182. The predicted molar refractivity (Wildman–Crippen MR) is 62.0 cm³/mol. The van der Waals surface area contributed by atoms with E-state index in [1.54, 1.807) is 0 Å². The molecule has 0 aromatic heterocycles. The SMILES string of the molecule is CCCN(CCC)CC1(CO)CCOC1. The van der Waals surface area contributed by atoms with Crippen molar-refractivity contribution in [1.82, 2.24) is 4.90 Å². The molecule has 0 saturated carbocycles. The second-order valence-corrected chi connectivity index (χ2v) is 4.74. The number of aliphatic hydroxyl groups excluding tert-OH is 1. The molecule has 0 amide bonds. The molecule has 0 aromatic carbocycles. The summed E-state index contributed by atoms with van der Waals surface area (Å²) in [6.07, 6.45) is 3.37. The van der Waals surface area contributed by atoms with Gasteiger partial charge < -0.3 is 14.7 Å². The Labute approximate surface area is 93.4 Å². The summed E-state index contributed by atoms with van der Waals surface area (Å²) in [6.45, 7) is 9.48. The molecule has 1 unspecified atom stereocenters. The Kier molecular flexibility index (Phi) is 5.58. The zero-order valence-corrected chi connectivity index (χ0v) is 10.2. The highest BCUT2D eigenvalue weighted by atomic mass is 16.5. The van der Waals surface area contributed by atoms with E-state index >= 15 is 0 Å². The van der Waals surface area contributed by atoms with Crippen LogP contribution in [0.15, 0.2) is 0 Å². The van der Waals surface area contributed by atoms with Crippen molar-refractivity contribution in [2.24, 2.45) is 5.41 Å². The molecule has 1 saturated heterocycles. The van der Waals surface area contributed by atoms with Crippen LogP contribution in [0, 0.1) is 5.41 Å². The summed E-state index contributed by atoms with van der Waals surface area (Å²) in [5.74, 6) is 0. The molecular weight excluding hydrogens is 190 g/mol. The first-order valence-electron chi connectivity index (χ1n) is 6.17. The van der Waals surface area contributed by atoms with Crippen LogP contribution in [-0.2, 0) is 4.74 Å². The average molecular weight is 215 g/mol. The van der Waals surface area contributed by atoms with Crippen molar-refractivity contribution in [3.8, 4) is 0 Å². The third kappa shape index (κ3) is 3.74. The first-order chi connectivity index (χ1) is 7.26. The Morgan fingerprint density at radius 3 is 2.33 bits per heavy atom. The van der Waals surface area contributed by atoms with Crippen molar-refractivity contribution < 1.29 is 9.84 Å². The van der Waals surface area contributed by atoms with Crippen molar-refractivity contribution >= 4 is 0 Å². The lowest BCUT2D eigenvalue weighted by Crippen LogP contribution is -2.41. The quantitative estimate of drug-likeness (QED) is 0.698. The molecule has 0 aliphatic carbocycles. The monoisotopic (exact) mass is 215 g/mol. The van der Waals surface area contributed by atoms with Gasteiger partial charge in [0.05, 0.1) is 13.2 Å². The van der Waals surface area contributed by atoms with Crippen LogP contribution in [0.5, 0.6) is 0 Å². The number of nitrogens with zero attached hydrogens (tertiary/aromatic N) is 1. The highest BCUT2D eigenvalue weighted by molar-refractivity contribution is 4.85. The molecule has 1 atom stereocenters. The van der Waals surface area contributed by atoms with Crippen LogP contribution in [-0.4, -0.2) is 49.5 Å². The van der Waals surface area contributed by atoms with Gasteiger partial charge in [0.2, 0.25) is 0 Å². The molecule has 0 bridgehead atoms. The standard InChI is InChI=1S/C12H25NO2/c1-3-6-13(7-4-2)9-12(10-14)5-8-15-11-12/h14H,3-11H2,1-2H3. The van der Waals surface area contributed by atoms with Crippen LogP contribution < -0.4 is 0 Å². The second-order valence-electron chi connectivity index (χ2n) is 4.74. The summed E-state index contributed by atoms with van der Waals surface area (Å²) in [5.41, 5.74) is 0.0182.